The third-order valence-corrected chi connectivity index (χ3v) is 2.65. The molecule has 0 aliphatic rings. The predicted octanol–water partition coefficient (Wildman–Crippen LogP) is 1.71. The Morgan fingerprint density at radius 2 is 2.25 bits per heavy atom. The van der Waals surface area contributed by atoms with Crippen molar-refractivity contribution < 1.29 is 9.84 Å². The monoisotopic (exact) mass is 220 g/mol. The third kappa shape index (κ3) is 1.88. The molecule has 2 aromatic heterocycles. The second-order valence-corrected chi connectivity index (χ2v) is 3.77. The van der Waals surface area contributed by atoms with E-state index >= 15 is 0 Å². The van der Waals surface area contributed by atoms with Crippen molar-refractivity contribution in [2.24, 2.45) is 0 Å². The van der Waals surface area contributed by atoms with E-state index in [1.807, 2.05) is 36.6 Å². The number of imidazole rings is 1. The molecular formula is C12H16N2O2. The molecule has 4 heteroatoms. The lowest BCUT2D eigenvalue weighted by molar-refractivity contribution is 0.234. The van der Waals surface area contributed by atoms with Gasteiger partial charge in [0.1, 0.15) is 0 Å². The summed E-state index contributed by atoms with van der Waals surface area (Å²) in [6.07, 6.45) is 2.61. The minimum atomic E-state index is 0.148. The number of fused-ring (bicyclic) bond motifs is 1. The second-order valence-electron chi connectivity index (χ2n) is 3.77. The molecule has 4 nitrogen and oxygen atoms in total. The summed E-state index contributed by atoms with van der Waals surface area (Å²) in [5.41, 5.74) is 2.98. The third-order valence-electron chi connectivity index (χ3n) is 2.65. The standard InChI is InChI=1S/C12H16N2O2/c1-9-10(2)14-6-3-5-11(12(14)13-9)16-8-4-7-15/h3,5-6,15H,4,7-8H2,1-2H3. The largest absolute Gasteiger partial charge is 0.490 e. The molecule has 2 rings (SSSR count). The Balaban J connectivity index is 2.34. The van der Waals surface area contributed by atoms with Gasteiger partial charge in [-0.05, 0) is 26.0 Å². The van der Waals surface area contributed by atoms with Gasteiger partial charge in [0.25, 0.3) is 0 Å². The first kappa shape index (κ1) is 11.0. The lowest BCUT2D eigenvalue weighted by Crippen LogP contribution is -2.01. The summed E-state index contributed by atoms with van der Waals surface area (Å²) >= 11 is 0. The molecule has 2 heterocycles. The van der Waals surface area contributed by atoms with E-state index in [2.05, 4.69) is 4.98 Å². The number of hydrogen-bond donors (Lipinski definition) is 1. The van der Waals surface area contributed by atoms with Gasteiger partial charge in [-0.3, -0.25) is 0 Å². The SMILES string of the molecule is Cc1nc2c(OCCCO)cccn2c1C. The lowest BCUT2D eigenvalue weighted by atomic mass is 10.4. The zero-order chi connectivity index (χ0) is 11.5. The van der Waals surface area contributed by atoms with E-state index in [1.165, 1.54) is 0 Å². The average molecular weight is 220 g/mol. The van der Waals surface area contributed by atoms with Crippen molar-refractivity contribution in [1.29, 1.82) is 0 Å². The molecule has 86 valence electrons. The van der Waals surface area contributed by atoms with Crippen LogP contribution in [0.4, 0.5) is 0 Å². The molecule has 1 N–H and O–H groups in total. The normalized spacial score (nSPS) is 10.9. The quantitative estimate of drug-likeness (QED) is 0.798. The highest BCUT2D eigenvalue weighted by molar-refractivity contribution is 5.55. The molecule has 0 amide bonds. The smallest absolute Gasteiger partial charge is 0.180 e. The van der Waals surface area contributed by atoms with Crippen LogP contribution in [0.3, 0.4) is 0 Å². The van der Waals surface area contributed by atoms with Gasteiger partial charge in [-0.25, -0.2) is 4.98 Å². The molecule has 0 aliphatic heterocycles. The molecule has 0 aliphatic carbocycles. The van der Waals surface area contributed by atoms with Crippen LogP contribution in [0.2, 0.25) is 0 Å². The maximum absolute atomic E-state index is 8.70. The first-order chi connectivity index (χ1) is 7.74. The molecular weight excluding hydrogens is 204 g/mol. The van der Waals surface area contributed by atoms with E-state index < -0.39 is 0 Å². The Morgan fingerprint density at radius 3 is 3.00 bits per heavy atom. The Labute approximate surface area is 94.5 Å². The van der Waals surface area contributed by atoms with E-state index in [9.17, 15) is 0 Å². The summed E-state index contributed by atoms with van der Waals surface area (Å²) < 4.78 is 7.60. The summed E-state index contributed by atoms with van der Waals surface area (Å²) in [4.78, 5) is 4.47. The van der Waals surface area contributed by atoms with Crippen LogP contribution in [-0.4, -0.2) is 27.7 Å². The molecule has 0 spiro atoms. The summed E-state index contributed by atoms with van der Waals surface area (Å²) in [6.45, 7) is 4.68. The van der Waals surface area contributed by atoms with Crippen LogP contribution in [0.15, 0.2) is 18.3 Å². The fraction of sp³-hybridized carbons (Fsp3) is 0.417. The molecule has 0 saturated carbocycles. The van der Waals surface area contributed by atoms with Gasteiger partial charge in [-0.15, -0.1) is 0 Å². The first-order valence-electron chi connectivity index (χ1n) is 5.42. The van der Waals surface area contributed by atoms with Gasteiger partial charge in [0.15, 0.2) is 11.4 Å². The number of rotatable bonds is 4. The highest BCUT2D eigenvalue weighted by Gasteiger charge is 2.08. The van der Waals surface area contributed by atoms with E-state index in [0.29, 0.717) is 13.0 Å². The Bertz CT molecular complexity index is 491. The van der Waals surface area contributed by atoms with E-state index in [0.717, 1.165) is 22.8 Å². The van der Waals surface area contributed by atoms with Crippen molar-refractivity contribution in [3.63, 3.8) is 0 Å². The summed E-state index contributed by atoms with van der Waals surface area (Å²) in [5.74, 6) is 0.771. The lowest BCUT2D eigenvalue weighted by Gasteiger charge is -2.06. The number of nitrogens with zero attached hydrogens (tertiary/aromatic N) is 2. The van der Waals surface area contributed by atoms with Gasteiger partial charge in [0, 0.05) is 24.9 Å². The van der Waals surface area contributed by atoms with Crippen molar-refractivity contribution in [3.05, 3.63) is 29.7 Å². The topological polar surface area (TPSA) is 46.8 Å². The first-order valence-corrected chi connectivity index (χ1v) is 5.42. The molecule has 0 fully saturated rings. The number of aromatic nitrogens is 2. The van der Waals surface area contributed by atoms with Gasteiger partial charge >= 0.3 is 0 Å². The zero-order valence-electron chi connectivity index (χ0n) is 9.60. The van der Waals surface area contributed by atoms with Gasteiger partial charge in [0.05, 0.1) is 12.3 Å². The summed E-state index contributed by atoms with van der Waals surface area (Å²) in [5, 5.41) is 8.70. The van der Waals surface area contributed by atoms with Crippen molar-refractivity contribution in [2.45, 2.75) is 20.3 Å². The van der Waals surface area contributed by atoms with Crippen molar-refractivity contribution >= 4 is 5.65 Å². The number of aliphatic hydroxyl groups is 1. The van der Waals surface area contributed by atoms with Gasteiger partial charge < -0.3 is 14.2 Å². The number of aliphatic hydroxyl groups excluding tert-OH is 1. The van der Waals surface area contributed by atoms with Crippen LogP contribution in [-0.2, 0) is 0 Å². The molecule has 0 atom stereocenters. The maximum Gasteiger partial charge on any atom is 0.180 e. The summed E-state index contributed by atoms with van der Waals surface area (Å²) in [6, 6.07) is 3.84. The van der Waals surface area contributed by atoms with Gasteiger partial charge in [-0.1, -0.05) is 0 Å². The fourth-order valence-corrected chi connectivity index (χ4v) is 1.63. The van der Waals surface area contributed by atoms with Crippen molar-refractivity contribution in [2.75, 3.05) is 13.2 Å². The number of aryl methyl sites for hydroxylation is 2. The van der Waals surface area contributed by atoms with Gasteiger partial charge in [-0.2, -0.15) is 0 Å². The van der Waals surface area contributed by atoms with Crippen molar-refractivity contribution in [3.8, 4) is 5.75 Å². The van der Waals surface area contributed by atoms with Crippen LogP contribution in [0.25, 0.3) is 5.65 Å². The highest BCUT2D eigenvalue weighted by atomic mass is 16.5. The van der Waals surface area contributed by atoms with E-state index in [-0.39, 0.29) is 6.61 Å². The minimum Gasteiger partial charge on any atom is -0.490 e. The van der Waals surface area contributed by atoms with Gasteiger partial charge in [0.2, 0.25) is 0 Å². The average Bonchev–Trinajstić information content (AvgIpc) is 2.57. The molecule has 0 saturated heterocycles. The Morgan fingerprint density at radius 1 is 1.44 bits per heavy atom. The molecule has 0 unspecified atom stereocenters. The molecule has 16 heavy (non-hydrogen) atoms. The molecule has 2 aromatic rings. The number of hydrogen-bond acceptors (Lipinski definition) is 3. The summed E-state index contributed by atoms with van der Waals surface area (Å²) in [7, 11) is 0. The van der Waals surface area contributed by atoms with Crippen LogP contribution in [0, 0.1) is 13.8 Å². The Hall–Kier alpha value is -1.55. The Kier molecular flexibility index (Phi) is 3.10. The number of pyridine rings is 1. The van der Waals surface area contributed by atoms with Crippen LogP contribution >= 0.6 is 0 Å². The zero-order valence-corrected chi connectivity index (χ0v) is 9.60. The van der Waals surface area contributed by atoms with Crippen LogP contribution < -0.4 is 4.74 Å². The van der Waals surface area contributed by atoms with Crippen LogP contribution in [0.1, 0.15) is 17.8 Å². The van der Waals surface area contributed by atoms with Crippen molar-refractivity contribution in [1.82, 2.24) is 9.38 Å². The fourth-order valence-electron chi connectivity index (χ4n) is 1.63. The van der Waals surface area contributed by atoms with E-state index in [1.54, 1.807) is 0 Å². The molecule has 0 bridgehead atoms. The highest BCUT2D eigenvalue weighted by Crippen LogP contribution is 2.21. The maximum atomic E-state index is 8.70. The van der Waals surface area contributed by atoms with Crippen LogP contribution in [0.5, 0.6) is 5.75 Å². The predicted molar refractivity (Wildman–Crippen MR) is 61.9 cm³/mol. The minimum absolute atomic E-state index is 0.148. The number of ether oxygens (including phenoxy) is 1. The molecule has 0 aromatic carbocycles. The second kappa shape index (κ2) is 4.53. The van der Waals surface area contributed by atoms with E-state index in [4.69, 9.17) is 9.84 Å². The molecule has 0 radical (unpaired) electrons.